The maximum absolute atomic E-state index is 13.3. The van der Waals surface area contributed by atoms with E-state index in [0.717, 1.165) is 12.1 Å². The van der Waals surface area contributed by atoms with Crippen LogP contribution < -0.4 is 10.5 Å². The number of nitrogens with two attached hydrogens (primary N) is 1. The number of nitrogens with one attached hydrogen (secondary N) is 1. The molecule has 166 valence electrons. The molecule has 0 saturated carbocycles. The van der Waals surface area contributed by atoms with Crippen molar-refractivity contribution in [3.63, 3.8) is 0 Å². The predicted octanol–water partition coefficient (Wildman–Crippen LogP) is 2.84. The highest BCUT2D eigenvalue weighted by Gasteiger charge is 2.37. The summed E-state index contributed by atoms with van der Waals surface area (Å²) in [7, 11) is -4.64. The van der Waals surface area contributed by atoms with E-state index in [2.05, 4.69) is 4.72 Å². The number of alkyl halides is 3. The molecule has 2 aromatic carbocycles. The molecular formula is C20H20F3N3O4S. The summed E-state index contributed by atoms with van der Waals surface area (Å²) >= 11 is 0. The standard InChI is InChI=1S/C20H20F3N3O4S/c21-20(22,23)15-6-2-4-8-17(15)31(29,30)25-16-7-3-1-5-14(16)19(28)26-11-9-13(10-12-26)18(24)27/h1-8,13,25H,9-12H2,(H2,24,27). The van der Waals surface area contributed by atoms with Crippen molar-refractivity contribution in [1.29, 1.82) is 0 Å². The Bertz CT molecular complexity index is 1090. The zero-order valence-electron chi connectivity index (χ0n) is 16.2. The predicted molar refractivity (Wildman–Crippen MR) is 107 cm³/mol. The lowest BCUT2D eigenvalue weighted by Crippen LogP contribution is -2.42. The Morgan fingerprint density at radius 3 is 2.19 bits per heavy atom. The number of hydrogen-bond donors (Lipinski definition) is 2. The summed E-state index contributed by atoms with van der Waals surface area (Å²) in [5.74, 6) is -1.27. The van der Waals surface area contributed by atoms with Crippen LogP contribution in [0.1, 0.15) is 28.8 Å². The van der Waals surface area contributed by atoms with Crippen molar-refractivity contribution < 1.29 is 31.2 Å². The number of benzene rings is 2. The first-order chi connectivity index (χ1) is 14.5. The van der Waals surface area contributed by atoms with Crippen LogP contribution in [0, 0.1) is 5.92 Å². The number of amides is 2. The number of carbonyl (C=O) groups is 2. The first kappa shape index (κ1) is 22.6. The molecule has 3 rings (SSSR count). The van der Waals surface area contributed by atoms with Gasteiger partial charge in [0, 0.05) is 19.0 Å². The molecular weight excluding hydrogens is 435 g/mol. The number of anilines is 1. The molecule has 0 spiro atoms. The van der Waals surface area contributed by atoms with Crippen LogP contribution in [0.4, 0.5) is 18.9 Å². The quantitative estimate of drug-likeness (QED) is 0.723. The summed E-state index contributed by atoms with van der Waals surface area (Å²) in [6, 6.07) is 9.47. The number of hydrogen-bond acceptors (Lipinski definition) is 4. The van der Waals surface area contributed by atoms with Crippen LogP contribution in [0.25, 0.3) is 0 Å². The van der Waals surface area contributed by atoms with Crippen LogP contribution in [0.15, 0.2) is 53.4 Å². The van der Waals surface area contributed by atoms with Gasteiger partial charge in [0.2, 0.25) is 5.91 Å². The van der Waals surface area contributed by atoms with Gasteiger partial charge in [-0.25, -0.2) is 8.42 Å². The average molecular weight is 455 g/mol. The number of nitrogens with zero attached hydrogens (tertiary/aromatic N) is 1. The van der Waals surface area contributed by atoms with E-state index in [1.54, 1.807) is 0 Å². The monoisotopic (exact) mass is 455 g/mol. The van der Waals surface area contributed by atoms with Crippen molar-refractivity contribution in [2.24, 2.45) is 11.7 Å². The molecule has 7 nitrogen and oxygen atoms in total. The first-order valence-electron chi connectivity index (χ1n) is 9.37. The number of sulfonamides is 1. The molecule has 3 N–H and O–H groups in total. The Balaban J connectivity index is 1.88. The van der Waals surface area contributed by atoms with Gasteiger partial charge in [0.15, 0.2) is 0 Å². The van der Waals surface area contributed by atoms with Gasteiger partial charge >= 0.3 is 6.18 Å². The van der Waals surface area contributed by atoms with E-state index >= 15 is 0 Å². The molecule has 1 aliphatic heterocycles. The molecule has 11 heteroatoms. The van der Waals surface area contributed by atoms with Crippen LogP contribution in [0.5, 0.6) is 0 Å². The third kappa shape index (κ3) is 4.98. The van der Waals surface area contributed by atoms with Crippen molar-refractivity contribution in [2.75, 3.05) is 17.8 Å². The fourth-order valence-electron chi connectivity index (χ4n) is 3.43. The van der Waals surface area contributed by atoms with Crippen LogP contribution in [0.2, 0.25) is 0 Å². The summed E-state index contributed by atoms with van der Waals surface area (Å²) in [4.78, 5) is 24.8. The maximum Gasteiger partial charge on any atom is 0.417 e. The van der Waals surface area contributed by atoms with Crippen molar-refractivity contribution in [2.45, 2.75) is 23.9 Å². The normalized spacial score (nSPS) is 15.5. The van der Waals surface area contributed by atoms with E-state index in [9.17, 15) is 31.2 Å². The number of carbonyl (C=O) groups excluding carboxylic acids is 2. The highest BCUT2D eigenvalue weighted by Crippen LogP contribution is 2.35. The molecule has 1 saturated heterocycles. The second-order valence-corrected chi connectivity index (χ2v) is 8.76. The van der Waals surface area contributed by atoms with Gasteiger partial charge < -0.3 is 10.6 Å². The van der Waals surface area contributed by atoms with E-state index in [0.29, 0.717) is 18.9 Å². The molecule has 0 atom stereocenters. The second-order valence-electron chi connectivity index (χ2n) is 7.11. The van der Waals surface area contributed by atoms with Crippen LogP contribution in [0.3, 0.4) is 0 Å². The number of likely N-dealkylation sites (tertiary alicyclic amines) is 1. The summed E-state index contributed by atoms with van der Waals surface area (Å²) < 4.78 is 67.4. The molecule has 0 aliphatic carbocycles. The Kier molecular flexibility index (Phi) is 6.25. The van der Waals surface area contributed by atoms with Crippen LogP contribution in [-0.4, -0.2) is 38.2 Å². The van der Waals surface area contributed by atoms with Crippen molar-refractivity contribution in [3.8, 4) is 0 Å². The second kappa shape index (κ2) is 8.58. The molecule has 0 radical (unpaired) electrons. The zero-order valence-corrected chi connectivity index (χ0v) is 17.0. The molecule has 2 aromatic rings. The minimum atomic E-state index is -4.87. The van der Waals surface area contributed by atoms with Gasteiger partial charge in [0.05, 0.1) is 21.7 Å². The van der Waals surface area contributed by atoms with Gasteiger partial charge in [-0.15, -0.1) is 0 Å². The third-order valence-electron chi connectivity index (χ3n) is 5.07. The van der Waals surface area contributed by atoms with Gasteiger partial charge in [-0.1, -0.05) is 24.3 Å². The van der Waals surface area contributed by atoms with Gasteiger partial charge in [-0.2, -0.15) is 13.2 Å². The minimum Gasteiger partial charge on any atom is -0.369 e. The Morgan fingerprint density at radius 1 is 1.00 bits per heavy atom. The number of piperidine rings is 1. The lowest BCUT2D eigenvalue weighted by molar-refractivity contribution is -0.139. The highest BCUT2D eigenvalue weighted by molar-refractivity contribution is 7.92. The third-order valence-corrected chi connectivity index (χ3v) is 6.49. The first-order valence-corrected chi connectivity index (χ1v) is 10.9. The number of para-hydroxylation sites is 1. The molecule has 1 heterocycles. The summed E-state index contributed by atoms with van der Waals surface area (Å²) in [5.41, 5.74) is 3.84. The highest BCUT2D eigenvalue weighted by atomic mass is 32.2. The molecule has 2 amide bonds. The molecule has 0 unspecified atom stereocenters. The lowest BCUT2D eigenvalue weighted by Gasteiger charge is -2.31. The van der Waals surface area contributed by atoms with E-state index in [1.165, 1.54) is 35.2 Å². The molecule has 0 aromatic heterocycles. The van der Waals surface area contributed by atoms with Crippen molar-refractivity contribution in [1.82, 2.24) is 4.90 Å². The van der Waals surface area contributed by atoms with E-state index in [4.69, 9.17) is 5.73 Å². The maximum atomic E-state index is 13.3. The topological polar surface area (TPSA) is 110 Å². The lowest BCUT2D eigenvalue weighted by atomic mass is 9.96. The van der Waals surface area contributed by atoms with E-state index in [1.807, 2.05) is 0 Å². The van der Waals surface area contributed by atoms with Crippen LogP contribution >= 0.6 is 0 Å². The molecule has 0 bridgehead atoms. The van der Waals surface area contributed by atoms with Crippen molar-refractivity contribution in [3.05, 3.63) is 59.7 Å². The van der Waals surface area contributed by atoms with E-state index < -0.39 is 38.5 Å². The summed E-state index contributed by atoms with van der Waals surface area (Å²) in [5, 5.41) is 0. The number of halogens is 3. The average Bonchev–Trinajstić information content (AvgIpc) is 2.73. The summed E-state index contributed by atoms with van der Waals surface area (Å²) in [6.45, 7) is 0.509. The number of rotatable bonds is 5. The Hall–Kier alpha value is -3.08. The van der Waals surface area contributed by atoms with Gasteiger partial charge in [0.1, 0.15) is 0 Å². The zero-order chi connectivity index (χ0) is 22.8. The minimum absolute atomic E-state index is 0.00640. The Labute approximate surface area is 177 Å². The van der Waals surface area contributed by atoms with E-state index in [-0.39, 0.29) is 30.3 Å². The van der Waals surface area contributed by atoms with Gasteiger partial charge in [0.25, 0.3) is 15.9 Å². The fraction of sp³-hybridized carbons (Fsp3) is 0.300. The smallest absolute Gasteiger partial charge is 0.369 e. The van der Waals surface area contributed by atoms with Gasteiger partial charge in [-0.3, -0.25) is 14.3 Å². The van der Waals surface area contributed by atoms with Gasteiger partial charge in [-0.05, 0) is 37.1 Å². The largest absolute Gasteiger partial charge is 0.417 e. The van der Waals surface area contributed by atoms with Crippen LogP contribution in [-0.2, 0) is 21.0 Å². The molecule has 1 aliphatic rings. The van der Waals surface area contributed by atoms with Crippen molar-refractivity contribution >= 4 is 27.5 Å². The number of primary amides is 1. The Morgan fingerprint density at radius 2 is 1.58 bits per heavy atom. The molecule has 1 fully saturated rings. The molecule has 31 heavy (non-hydrogen) atoms. The SMILES string of the molecule is NC(=O)C1CCN(C(=O)c2ccccc2NS(=O)(=O)c2ccccc2C(F)(F)F)CC1. The summed E-state index contributed by atoms with van der Waals surface area (Å²) in [6.07, 6.45) is -4.10. The fourth-order valence-corrected chi connectivity index (χ4v) is 4.74.